The Morgan fingerprint density at radius 1 is 1.07 bits per heavy atom. The van der Waals surface area contributed by atoms with E-state index in [0.29, 0.717) is 22.5 Å². The summed E-state index contributed by atoms with van der Waals surface area (Å²) in [5, 5.41) is 4.10. The van der Waals surface area contributed by atoms with E-state index < -0.39 is 0 Å². The van der Waals surface area contributed by atoms with Crippen LogP contribution in [0.25, 0.3) is 0 Å². The third-order valence-corrected chi connectivity index (χ3v) is 4.68. The number of carbonyl (C=O) groups excluding carboxylic acids is 2. The Bertz CT molecular complexity index is 1030. The third-order valence-electron chi connectivity index (χ3n) is 4.25. The van der Waals surface area contributed by atoms with E-state index in [9.17, 15) is 9.59 Å². The smallest absolute Gasteiger partial charge is 0.265 e. The molecular weight excluding hydrogens is 364 g/mol. The second kappa shape index (κ2) is 7.37. The van der Waals surface area contributed by atoms with Gasteiger partial charge in [0.25, 0.3) is 11.8 Å². The minimum atomic E-state index is -0.358. The molecule has 0 spiro atoms. The molecule has 0 aliphatic heterocycles. The summed E-state index contributed by atoms with van der Waals surface area (Å²) in [5.41, 5.74) is 3.45. The standard InChI is InChI=1S/C21H19ClN2O3/c1-12-10-13(2)19(17(11-12)15(4)25)24(21-18(22)14(3)23-27-21)20(26)16-8-6-5-7-9-16/h5-11H,1-4H3. The molecule has 0 saturated heterocycles. The lowest BCUT2D eigenvalue weighted by Gasteiger charge is -2.24. The molecule has 1 aromatic heterocycles. The largest absolute Gasteiger partial charge is 0.336 e. The Morgan fingerprint density at radius 2 is 1.74 bits per heavy atom. The number of amides is 1. The van der Waals surface area contributed by atoms with Crippen molar-refractivity contribution in [1.29, 1.82) is 0 Å². The molecule has 27 heavy (non-hydrogen) atoms. The lowest BCUT2D eigenvalue weighted by molar-refractivity contribution is 0.0994. The molecule has 2 aromatic carbocycles. The van der Waals surface area contributed by atoms with E-state index in [2.05, 4.69) is 5.16 Å². The van der Waals surface area contributed by atoms with Crippen LogP contribution in [0.1, 0.15) is 44.5 Å². The van der Waals surface area contributed by atoms with Gasteiger partial charge < -0.3 is 4.52 Å². The number of carbonyl (C=O) groups is 2. The first-order chi connectivity index (χ1) is 12.8. The van der Waals surface area contributed by atoms with Crippen LogP contribution in [0, 0.1) is 20.8 Å². The van der Waals surface area contributed by atoms with Crippen LogP contribution in [0.3, 0.4) is 0 Å². The van der Waals surface area contributed by atoms with Crippen molar-refractivity contribution in [3.8, 4) is 0 Å². The molecular formula is C21H19ClN2O3. The van der Waals surface area contributed by atoms with Gasteiger partial charge in [0.15, 0.2) is 5.78 Å². The van der Waals surface area contributed by atoms with Crippen molar-refractivity contribution < 1.29 is 14.1 Å². The van der Waals surface area contributed by atoms with Gasteiger partial charge in [-0.25, -0.2) is 4.90 Å². The predicted octanol–water partition coefficient (Wildman–Crippen LogP) is 5.43. The average molecular weight is 383 g/mol. The van der Waals surface area contributed by atoms with Gasteiger partial charge in [-0.15, -0.1) is 0 Å². The van der Waals surface area contributed by atoms with Crippen molar-refractivity contribution in [1.82, 2.24) is 5.16 Å². The molecule has 0 radical (unpaired) electrons. The van der Waals surface area contributed by atoms with Gasteiger partial charge in [0.1, 0.15) is 10.7 Å². The van der Waals surface area contributed by atoms with Crippen LogP contribution in [-0.2, 0) is 0 Å². The quantitative estimate of drug-likeness (QED) is 0.564. The van der Waals surface area contributed by atoms with E-state index in [1.54, 1.807) is 37.3 Å². The van der Waals surface area contributed by atoms with E-state index in [-0.39, 0.29) is 22.6 Å². The lowest BCUT2D eigenvalue weighted by atomic mass is 9.99. The van der Waals surface area contributed by atoms with Gasteiger partial charge in [0.2, 0.25) is 0 Å². The van der Waals surface area contributed by atoms with Gasteiger partial charge in [0, 0.05) is 11.1 Å². The molecule has 1 heterocycles. The van der Waals surface area contributed by atoms with Gasteiger partial charge in [0.05, 0.1) is 5.69 Å². The fraction of sp³-hybridized carbons (Fsp3) is 0.190. The first kappa shape index (κ1) is 18.9. The van der Waals surface area contributed by atoms with E-state index in [4.69, 9.17) is 16.1 Å². The summed E-state index contributed by atoms with van der Waals surface area (Å²) in [6.45, 7) is 6.90. The van der Waals surface area contributed by atoms with Crippen molar-refractivity contribution in [2.75, 3.05) is 4.90 Å². The number of Topliss-reactive ketones (excluding diaryl/α,β-unsaturated/α-hetero) is 1. The number of benzene rings is 2. The molecule has 0 aliphatic rings. The summed E-state index contributed by atoms with van der Waals surface area (Å²) in [6.07, 6.45) is 0. The topological polar surface area (TPSA) is 63.4 Å². The molecule has 0 saturated carbocycles. The predicted molar refractivity (Wildman–Crippen MR) is 105 cm³/mol. The SMILES string of the molecule is CC(=O)c1cc(C)cc(C)c1N(C(=O)c1ccccc1)c1onc(C)c1Cl. The highest BCUT2D eigenvalue weighted by atomic mass is 35.5. The number of anilines is 2. The van der Waals surface area contributed by atoms with Crippen molar-refractivity contribution in [3.05, 3.63) is 75.4 Å². The molecule has 0 aliphatic carbocycles. The van der Waals surface area contributed by atoms with Gasteiger partial charge in [-0.2, -0.15) is 0 Å². The lowest BCUT2D eigenvalue weighted by Crippen LogP contribution is -2.28. The normalized spacial score (nSPS) is 10.7. The van der Waals surface area contributed by atoms with Crippen molar-refractivity contribution >= 4 is 34.9 Å². The number of hydrogen-bond donors (Lipinski definition) is 0. The first-order valence-electron chi connectivity index (χ1n) is 8.44. The molecule has 6 heteroatoms. The number of halogens is 1. The number of nitrogens with zero attached hydrogens (tertiary/aromatic N) is 2. The summed E-state index contributed by atoms with van der Waals surface area (Å²) >= 11 is 6.37. The van der Waals surface area contributed by atoms with Crippen LogP contribution < -0.4 is 4.90 Å². The average Bonchev–Trinajstić information content (AvgIpc) is 2.96. The fourth-order valence-corrected chi connectivity index (χ4v) is 3.17. The second-order valence-corrected chi connectivity index (χ2v) is 6.81. The van der Waals surface area contributed by atoms with Gasteiger partial charge in [-0.05, 0) is 57.0 Å². The number of ketones is 1. The summed E-state index contributed by atoms with van der Waals surface area (Å²) in [4.78, 5) is 27.1. The number of hydrogen-bond acceptors (Lipinski definition) is 4. The van der Waals surface area contributed by atoms with Crippen LogP contribution in [-0.4, -0.2) is 16.8 Å². The minimum Gasteiger partial charge on any atom is -0.336 e. The Kier molecular flexibility index (Phi) is 5.15. The minimum absolute atomic E-state index is 0.0949. The molecule has 1 amide bonds. The van der Waals surface area contributed by atoms with Gasteiger partial charge >= 0.3 is 0 Å². The number of aryl methyl sites for hydroxylation is 3. The first-order valence-corrected chi connectivity index (χ1v) is 8.82. The zero-order chi connectivity index (χ0) is 19.7. The van der Waals surface area contributed by atoms with Crippen molar-refractivity contribution in [3.63, 3.8) is 0 Å². The highest BCUT2D eigenvalue weighted by Crippen LogP contribution is 2.39. The highest BCUT2D eigenvalue weighted by molar-refractivity contribution is 6.34. The Balaban J connectivity index is 2.31. The molecule has 0 N–H and O–H groups in total. The molecule has 0 fully saturated rings. The molecule has 0 bridgehead atoms. The van der Waals surface area contributed by atoms with Gasteiger partial charge in [-0.1, -0.05) is 41.0 Å². The van der Waals surface area contributed by atoms with Crippen LogP contribution >= 0.6 is 11.6 Å². The van der Waals surface area contributed by atoms with Crippen molar-refractivity contribution in [2.24, 2.45) is 0 Å². The van der Waals surface area contributed by atoms with E-state index in [0.717, 1.165) is 11.1 Å². The van der Waals surface area contributed by atoms with E-state index in [1.807, 2.05) is 26.0 Å². The maximum absolute atomic E-state index is 13.4. The summed E-state index contributed by atoms with van der Waals surface area (Å²) in [7, 11) is 0. The van der Waals surface area contributed by atoms with E-state index in [1.165, 1.54) is 11.8 Å². The molecule has 3 aromatic rings. The molecule has 5 nitrogen and oxygen atoms in total. The molecule has 138 valence electrons. The van der Waals surface area contributed by atoms with Crippen molar-refractivity contribution in [2.45, 2.75) is 27.7 Å². The Morgan fingerprint density at radius 3 is 2.30 bits per heavy atom. The maximum atomic E-state index is 13.4. The zero-order valence-corrected chi connectivity index (χ0v) is 16.3. The van der Waals surface area contributed by atoms with Crippen LogP contribution in [0.2, 0.25) is 5.02 Å². The van der Waals surface area contributed by atoms with Crippen LogP contribution in [0.4, 0.5) is 11.6 Å². The fourth-order valence-electron chi connectivity index (χ4n) is 3.02. The summed E-state index contributed by atoms with van der Waals surface area (Å²) < 4.78 is 5.39. The summed E-state index contributed by atoms with van der Waals surface area (Å²) in [5.74, 6) is -0.421. The molecule has 0 unspecified atom stereocenters. The zero-order valence-electron chi connectivity index (χ0n) is 15.5. The van der Waals surface area contributed by atoms with E-state index >= 15 is 0 Å². The highest BCUT2D eigenvalue weighted by Gasteiger charge is 2.31. The van der Waals surface area contributed by atoms with Gasteiger partial charge in [-0.3, -0.25) is 9.59 Å². The Hall–Kier alpha value is -2.92. The van der Waals surface area contributed by atoms with Crippen LogP contribution in [0.5, 0.6) is 0 Å². The molecule has 3 rings (SSSR count). The maximum Gasteiger partial charge on any atom is 0.265 e. The second-order valence-electron chi connectivity index (χ2n) is 6.43. The summed E-state index contributed by atoms with van der Waals surface area (Å²) in [6, 6.07) is 12.4. The monoisotopic (exact) mass is 382 g/mol. The van der Waals surface area contributed by atoms with Crippen LogP contribution in [0.15, 0.2) is 47.0 Å². The number of aromatic nitrogens is 1. The third kappa shape index (κ3) is 3.51. The Labute approximate surface area is 162 Å². The molecule has 0 atom stereocenters. The number of rotatable bonds is 4.